The molecule has 3 aromatic rings. The summed E-state index contributed by atoms with van der Waals surface area (Å²) in [6.45, 7) is 1.89. The van der Waals surface area contributed by atoms with Gasteiger partial charge in [0.15, 0.2) is 0 Å². The van der Waals surface area contributed by atoms with Crippen molar-refractivity contribution in [3.8, 4) is 5.75 Å². The van der Waals surface area contributed by atoms with Crippen LogP contribution in [0.15, 0.2) is 56.1 Å². The number of fused-ring (bicyclic) bond motifs is 1. The largest absolute Gasteiger partial charge is 0.496 e. The minimum atomic E-state index is -0.489. The van der Waals surface area contributed by atoms with Gasteiger partial charge in [0.2, 0.25) is 0 Å². The smallest absolute Gasteiger partial charge is 0.338 e. The molecule has 0 fully saturated rings. The summed E-state index contributed by atoms with van der Waals surface area (Å²) in [6, 6.07) is 11.8. The van der Waals surface area contributed by atoms with Gasteiger partial charge in [-0.05, 0) is 52.7 Å². The van der Waals surface area contributed by atoms with Gasteiger partial charge in [-0.2, -0.15) is 0 Å². The monoisotopic (exact) mass is 402 g/mol. The Kier molecular flexibility index (Phi) is 4.90. The highest BCUT2D eigenvalue weighted by Crippen LogP contribution is 2.26. The third kappa shape index (κ3) is 3.74. The second-order valence-electron chi connectivity index (χ2n) is 5.52. The van der Waals surface area contributed by atoms with E-state index in [9.17, 15) is 9.59 Å². The molecule has 0 N–H and O–H groups in total. The van der Waals surface area contributed by atoms with Gasteiger partial charge in [-0.1, -0.05) is 12.1 Å². The summed E-state index contributed by atoms with van der Waals surface area (Å²) in [5, 5.41) is 0.744. The molecule has 0 spiro atoms. The fourth-order valence-corrected chi connectivity index (χ4v) is 3.02. The van der Waals surface area contributed by atoms with E-state index in [1.54, 1.807) is 31.4 Å². The topological polar surface area (TPSA) is 65.7 Å². The number of carbonyl (C=O) groups is 1. The van der Waals surface area contributed by atoms with E-state index >= 15 is 0 Å². The minimum absolute atomic E-state index is 0.0202. The summed E-state index contributed by atoms with van der Waals surface area (Å²) in [7, 11) is 1.55. The molecule has 1 aromatic heterocycles. The van der Waals surface area contributed by atoms with Crippen molar-refractivity contribution < 1.29 is 18.7 Å². The molecule has 0 aliphatic heterocycles. The number of carbonyl (C=O) groups excluding carboxylic acids is 1. The first-order valence-electron chi connectivity index (χ1n) is 7.52. The normalized spacial score (nSPS) is 10.7. The maximum Gasteiger partial charge on any atom is 0.338 e. The molecule has 3 rings (SSSR count). The van der Waals surface area contributed by atoms with E-state index in [1.807, 2.05) is 19.1 Å². The fourth-order valence-electron chi connectivity index (χ4n) is 2.48. The van der Waals surface area contributed by atoms with Crippen LogP contribution in [-0.4, -0.2) is 13.1 Å². The molecule has 2 aromatic carbocycles. The Morgan fingerprint density at radius 1 is 1.16 bits per heavy atom. The molecule has 0 amide bonds. The van der Waals surface area contributed by atoms with Gasteiger partial charge in [-0.15, -0.1) is 0 Å². The first-order valence-corrected chi connectivity index (χ1v) is 8.31. The Morgan fingerprint density at radius 3 is 2.68 bits per heavy atom. The van der Waals surface area contributed by atoms with Gasteiger partial charge < -0.3 is 13.9 Å². The number of esters is 1. The van der Waals surface area contributed by atoms with Crippen molar-refractivity contribution in [3.05, 3.63) is 74.0 Å². The van der Waals surface area contributed by atoms with Gasteiger partial charge in [0.05, 0.1) is 17.1 Å². The maximum atomic E-state index is 12.3. The van der Waals surface area contributed by atoms with Crippen molar-refractivity contribution in [3.63, 3.8) is 0 Å². The van der Waals surface area contributed by atoms with Crippen LogP contribution < -0.4 is 10.4 Å². The lowest BCUT2D eigenvalue weighted by molar-refractivity contribution is 0.0473. The number of halogens is 1. The average molecular weight is 403 g/mol. The number of rotatable bonds is 4. The average Bonchev–Trinajstić information content (AvgIpc) is 2.58. The van der Waals surface area contributed by atoms with Crippen LogP contribution in [0.3, 0.4) is 0 Å². The molecule has 0 bridgehead atoms. The minimum Gasteiger partial charge on any atom is -0.496 e. The van der Waals surface area contributed by atoms with E-state index in [0.29, 0.717) is 26.9 Å². The van der Waals surface area contributed by atoms with E-state index in [1.165, 1.54) is 6.07 Å². The molecule has 6 heteroatoms. The van der Waals surface area contributed by atoms with Crippen molar-refractivity contribution in [2.24, 2.45) is 0 Å². The van der Waals surface area contributed by atoms with E-state index in [-0.39, 0.29) is 6.61 Å². The first-order chi connectivity index (χ1) is 12.0. The van der Waals surface area contributed by atoms with Crippen LogP contribution in [0.5, 0.6) is 5.75 Å². The van der Waals surface area contributed by atoms with Gasteiger partial charge in [-0.25, -0.2) is 9.59 Å². The molecular formula is C19H15BrO5. The molecule has 0 aliphatic carbocycles. The maximum absolute atomic E-state index is 12.3. The Morgan fingerprint density at radius 2 is 1.96 bits per heavy atom. The second kappa shape index (κ2) is 7.11. The zero-order valence-electron chi connectivity index (χ0n) is 13.7. The summed E-state index contributed by atoms with van der Waals surface area (Å²) in [5.41, 5.74) is 1.97. The molecule has 0 unspecified atom stereocenters. The van der Waals surface area contributed by atoms with Crippen molar-refractivity contribution in [2.75, 3.05) is 7.11 Å². The molecule has 25 heavy (non-hydrogen) atoms. The summed E-state index contributed by atoms with van der Waals surface area (Å²) in [5.74, 6) is 0.135. The van der Waals surface area contributed by atoms with Gasteiger partial charge in [0, 0.05) is 17.0 Å². The van der Waals surface area contributed by atoms with Crippen LogP contribution in [0.4, 0.5) is 0 Å². The lowest BCUT2D eigenvalue weighted by Crippen LogP contribution is -2.08. The van der Waals surface area contributed by atoms with Crippen LogP contribution in [-0.2, 0) is 11.3 Å². The van der Waals surface area contributed by atoms with Gasteiger partial charge >= 0.3 is 11.6 Å². The SMILES string of the molecule is COc1ccc(C(=O)OCc2cc(=O)oc3cc(C)ccc23)cc1Br. The van der Waals surface area contributed by atoms with Crippen molar-refractivity contribution >= 4 is 32.9 Å². The van der Waals surface area contributed by atoms with E-state index in [2.05, 4.69) is 15.9 Å². The highest BCUT2D eigenvalue weighted by atomic mass is 79.9. The van der Waals surface area contributed by atoms with Crippen LogP contribution in [0.25, 0.3) is 11.0 Å². The van der Waals surface area contributed by atoms with Crippen LogP contribution in [0.2, 0.25) is 0 Å². The predicted molar refractivity (Wildman–Crippen MR) is 97.0 cm³/mol. The highest BCUT2D eigenvalue weighted by Gasteiger charge is 2.12. The zero-order chi connectivity index (χ0) is 18.0. The number of benzene rings is 2. The zero-order valence-corrected chi connectivity index (χ0v) is 15.3. The van der Waals surface area contributed by atoms with Crippen LogP contribution in [0.1, 0.15) is 21.5 Å². The molecule has 0 aliphatic rings. The molecular weight excluding hydrogens is 388 g/mol. The standard InChI is InChI=1S/C19H15BrO5/c1-11-3-5-14-13(9-18(21)25-17(14)7-11)10-24-19(22)12-4-6-16(23-2)15(20)8-12/h3-9H,10H2,1-2H3. The van der Waals surface area contributed by atoms with Crippen LogP contribution >= 0.6 is 15.9 Å². The number of aryl methyl sites for hydroxylation is 1. The summed E-state index contributed by atoms with van der Waals surface area (Å²) in [4.78, 5) is 24.0. The van der Waals surface area contributed by atoms with E-state index in [0.717, 1.165) is 10.9 Å². The predicted octanol–water partition coefficient (Wildman–Crippen LogP) is 4.23. The van der Waals surface area contributed by atoms with Gasteiger partial charge in [-0.3, -0.25) is 0 Å². The van der Waals surface area contributed by atoms with E-state index in [4.69, 9.17) is 13.9 Å². The lowest BCUT2D eigenvalue weighted by atomic mass is 10.1. The summed E-state index contributed by atoms with van der Waals surface area (Å²) >= 11 is 3.33. The van der Waals surface area contributed by atoms with Gasteiger partial charge in [0.25, 0.3) is 0 Å². The Labute approximate surface area is 152 Å². The second-order valence-corrected chi connectivity index (χ2v) is 6.37. The lowest BCUT2D eigenvalue weighted by Gasteiger charge is -2.09. The number of ether oxygens (including phenoxy) is 2. The Hall–Kier alpha value is -2.60. The third-order valence-corrected chi connectivity index (χ3v) is 4.35. The van der Waals surface area contributed by atoms with Crippen molar-refractivity contribution in [1.29, 1.82) is 0 Å². The Bertz CT molecular complexity index is 1010. The number of methoxy groups -OCH3 is 1. The van der Waals surface area contributed by atoms with Gasteiger partial charge in [0.1, 0.15) is 17.9 Å². The third-order valence-electron chi connectivity index (χ3n) is 3.73. The van der Waals surface area contributed by atoms with Crippen molar-refractivity contribution in [1.82, 2.24) is 0 Å². The molecule has 0 radical (unpaired) electrons. The first kappa shape index (κ1) is 17.2. The molecule has 5 nitrogen and oxygen atoms in total. The molecule has 128 valence electrons. The molecule has 0 atom stereocenters. The summed E-state index contributed by atoms with van der Waals surface area (Å²) in [6.07, 6.45) is 0. The molecule has 0 saturated heterocycles. The van der Waals surface area contributed by atoms with E-state index < -0.39 is 11.6 Å². The highest BCUT2D eigenvalue weighted by molar-refractivity contribution is 9.10. The van der Waals surface area contributed by atoms with Crippen LogP contribution in [0, 0.1) is 6.92 Å². The quantitative estimate of drug-likeness (QED) is 0.482. The fraction of sp³-hybridized carbons (Fsp3) is 0.158. The van der Waals surface area contributed by atoms with Crippen molar-refractivity contribution in [2.45, 2.75) is 13.5 Å². The molecule has 0 saturated carbocycles. The number of hydrogen-bond donors (Lipinski definition) is 0. The Balaban J connectivity index is 1.84. The molecule has 1 heterocycles. The number of hydrogen-bond acceptors (Lipinski definition) is 5. The summed E-state index contributed by atoms with van der Waals surface area (Å²) < 4.78 is 16.3.